The van der Waals surface area contributed by atoms with Gasteiger partial charge in [0.15, 0.2) is 0 Å². The summed E-state index contributed by atoms with van der Waals surface area (Å²) in [5.41, 5.74) is -1.38. The van der Waals surface area contributed by atoms with E-state index in [1.807, 2.05) is 19.0 Å². The average Bonchev–Trinajstić information content (AvgIpc) is 2.86. The van der Waals surface area contributed by atoms with Gasteiger partial charge in [0.05, 0.1) is 10.5 Å². The quantitative estimate of drug-likeness (QED) is 0.633. The second-order valence-electron chi connectivity index (χ2n) is 5.74. The van der Waals surface area contributed by atoms with Crippen LogP contribution in [0.1, 0.15) is 17.5 Å². The maximum Gasteiger partial charge on any atom is 0.416 e. The summed E-state index contributed by atoms with van der Waals surface area (Å²) in [6.45, 7) is 1.57. The molecule has 1 aliphatic heterocycles. The molecule has 0 amide bonds. The number of nitro groups is 1. The smallest absolute Gasteiger partial charge is 0.305 e. The van der Waals surface area contributed by atoms with Crippen molar-refractivity contribution in [3.8, 4) is 0 Å². The van der Waals surface area contributed by atoms with Crippen molar-refractivity contribution in [2.24, 2.45) is 0 Å². The molecule has 0 aliphatic carbocycles. The van der Waals surface area contributed by atoms with E-state index in [0.29, 0.717) is 18.7 Å². The van der Waals surface area contributed by atoms with Crippen molar-refractivity contribution in [3.63, 3.8) is 0 Å². The van der Waals surface area contributed by atoms with Crippen LogP contribution in [0, 0.1) is 10.1 Å². The fourth-order valence-electron chi connectivity index (χ4n) is 2.70. The predicted molar refractivity (Wildman–Crippen MR) is 75.5 cm³/mol. The molecule has 2 rings (SSSR count). The molecule has 1 fully saturated rings. The largest absolute Gasteiger partial charge is 0.416 e. The van der Waals surface area contributed by atoms with Gasteiger partial charge in [-0.1, -0.05) is 6.07 Å². The van der Waals surface area contributed by atoms with Crippen molar-refractivity contribution in [3.05, 3.63) is 39.4 Å². The van der Waals surface area contributed by atoms with E-state index in [1.54, 1.807) is 0 Å². The lowest BCUT2D eigenvalue weighted by atomic mass is 10.1. The molecule has 1 aromatic carbocycles. The van der Waals surface area contributed by atoms with Crippen molar-refractivity contribution in [1.82, 2.24) is 9.80 Å². The van der Waals surface area contributed by atoms with Crippen LogP contribution in [0.15, 0.2) is 18.2 Å². The molecule has 1 aliphatic rings. The number of halogens is 3. The minimum atomic E-state index is -4.60. The second kappa shape index (κ2) is 6.21. The zero-order chi connectivity index (χ0) is 16.5. The van der Waals surface area contributed by atoms with E-state index in [0.717, 1.165) is 19.0 Å². The molecule has 122 valence electrons. The van der Waals surface area contributed by atoms with Gasteiger partial charge in [-0.2, -0.15) is 13.2 Å². The summed E-state index contributed by atoms with van der Waals surface area (Å²) in [4.78, 5) is 13.9. The first-order valence-corrected chi connectivity index (χ1v) is 6.92. The van der Waals surface area contributed by atoms with E-state index in [-0.39, 0.29) is 12.1 Å². The first-order valence-electron chi connectivity index (χ1n) is 6.92. The summed E-state index contributed by atoms with van der Waals surface area (Å²) in [7, 11) is 3.89. The number of benzene rings is 1. The molecule has 8 heteroatoms. The number of nitro benzene ring substituents is 1. The Morgan fingerprint density at radius 2 is 2.09 bits per heavy atom. The van der Waals surface area contributed by atoms with Crippen LogP contribution >= 0.6 is 0 Å². The van der Waals surface area contributed by atoms with E-state index in [9.17, 15) is 23.3 Å². The fourth-order valence-corrected chi connectivity index (χ4v) is 2.70. The Bertz CT molecular complexity index is 561. The van der Waals surface area contributed by atoms with E-state index >= 15 is 0 Å². The van der Waals surface area contributed by atoms with E-state index in [2.05, 4.69) is 4.90 Å². The van der Waals surface area contributed by atoms with Crippen LogP contribution < -0.4 is 0 Å². The Morgan fingerprint density at radius 1 is 1.41 bits per heavy atom. The summed E-state index contributed by atoms with van der Waals surface area (Å²) in [6.07, 6.45) is -3.69. The van der Waals surface area contributed by atoms with Gasteiger partial charge < -0.3 is 4.90 Å². The van der Waals surface area contributed by atoms with Crippen molar-refractivity contribution < 1.29 is 18.1 Å². The summed E-state index contributed by atoms with van der Waals surface area (Å²) < 4.78 is 39.4. The summed E-state index contributed by atoms with van der Waals surface area (Å²) >= 11 is 0. The summed E-state index contributed by atoms with van der Waals surface area (Å²) in [6, 6.07) is 3.29. The Kier molecular flexibility index (Phi) is 4.72. The monoisotopic (exact) mass is 317 g/mol. The second-order valence-corrected chi connectivity index (χ2v) is 5.74. The lowest BCUT2D eigenvalue weighted by Gasteiger charge is -2.21. The highest BCUT2D eigenvalue weighted by Crippen LogP contribution is 2.35. The van der Waals surface area contributed by atoms with Gasteiger partial charge in [0, 0.05) is 37.8 Å². The van der Waals surface area contributed by atoms with Crippen LogP contribution in [0.3, 0.4) is 0 Å². The number of rotatable bonds is 4. The van der Waals surface area contributed by atoms with E-state index in [1.165, 1.54) is 6.07 Å². The molecule has 0 N–H and O–H groups in total. The Hall–Kier alpha value is -1.67. The molecule has 22 heavy (non-hydrogen) atoms. The van der Waals surface area contributed by atoms with Crippen LogP contribution in [0.5, 0.6) is 0 Å². The summed E-state index contributed by atoms with van der Waals surface area (Å²) in [5.74, 6) is 0. The SMILES string of the molecule is CN(C)[C@H]1CCN(Cc2ccc([N+](=O)[O-])cc2C(F)(F)F)C1. The molecule has 0 radical (unpaired) electrons. The molecule has 1 saturated heterocycles. The van der Waals surface area contributed by atoms with Gasteiger partial charge in [-0.25, -0.2) is 0 Å². The van der Waals surface area contributed by atoms with Crippen LogP contribution in [-0.2, 0) is 12.7 Å². The van der Waals surface area contributed by atoms with Gasteiger partial charge >= 0.3 is 6.18 Å². The van der Waals surface area contributed by atoms with Crippen molar-refractivity contribution in [2.75, 3.05) is 27.2 Å². The Morgan fingerprint density at radius 3 is 2.59 bits per heavy atom. The number of hydrogen-bond acceptors (Lipinski definition) is 4. The van der Waals surface area contributed by atoms with Crippen LogP contribution in [0.25, 0.3) is 0 Å². The topological polar surface area (TPSA) is 49.6 Å². The molecule has 5 nitrogen and oxygen atoms in total. The van der Waals surface area contributed by atoms with Gasteiger partial charge in [0.25, 0.3) is 5.69 Å². The standard InChI is InChI=1S/C14H18F3N3O2/c1-18(2)12-5-6-19(9-12)8-10-3-4-11(20(21)22)7-13(10)14(15,16)17/h3-4,7,12H,5-6,8-9H2,1-2H3/t12-/m0/s1. The van der Waals surface area contributed by atoms with Crippen LogP contribution in [0.2, 0.25) is 0 Å². The third-order valence-corrected chi connectivity index (χ3v) is 3.98. The molecular formula is C14H18F3N3O2. The predicted octanol–water partition coefficient (Wildman–Crippen LogP) is 2.75. The first kappa shape index (κ1) is 16.7. The Balaban J connectivity index is 2.22. The van der Waals surface area contributed by atoms with Crippen molar-refractivity contribution in [1.29, 1.82) is 0 Å². The highest BCUT2D eigenvalue weighted by Gasteiger charge is 2.36. The maximum absolute atomic E-state index is 13.1. The highest BCUT2D eigenvalue weighted by atomic mass is 19.4. The van der Waals surface area contributed by atoms with Gasteiger partial charge in [-0.05, 0) is 26.1 Å². The molecule has 0 saturated carbocycles. The number of hydrogen-bond donors (Lipinski definition) is 0. The third kappa shape index (κ3) is 3.75. The zero-order valence-corrected chi connectivity index (χ0v) is 12.4. The van der Waals surface area contributed by atoms with E-state index < -0.39 is 22.4 Å². The number of non-ortho nitro benzene ring substituents is 1. The minimum Gasteiger partial charge on any atom is -0.305 e. The van der Waals surface area contributed by atoms with Gasteiger partial charge in [-0.15, -0.1) is 0 Å². The third-order valence-electron chi connectivity index (χ3n) is 3.98. The molecular weight excluding hydrogens is 299 g/mol. The fraction of sp³-hybridized carbons (Fsp3) is 0.571. The van der Waals surface area contributed by atoms with E-state index in [4.69, 9.17) is 0 Å². The van der Waals surface area contributed by atoms with Gasteiger partial charge in [0.2, 0.25) is 0 Å². The number of nitrogens with zero attached hydrogens (tertiary/aromatic N) is 3. The van der Waals surface area contributed by atoms with Crippen molar-refractivity contribution >= 4 is 5.69 Å². The molecule has 1 heterocycles. The highest BCUT2D eigenvalue weighted by molar-refractivity contribution is 5.41. The normalized spacial score (nSPS) is 19.8. The Labute approximate surface area is 126 Å². The number of likely N-dealkylation sites (N-methyl/N-ethyl adjacent to an activating group) is 1. The number of likely N-dealkylation sites (tertiary alicyclic amines) is 1. The molecule has 1 aromatic rings. The average molecular weight is 317 g/mol. The molecule has 0 bridgehead atoms. The number of alkyl halides is 3. The van der Waals surface area contributed by atoms with Crippen molar-refractivity contribution in [2.45, 2.75) is 25.2 Å². The molecule has 0 aromatic heterocycles. The van der Waals surface area contributed by atoms with Gasteiger partial charge in [-0.3, -0.25) is 15.0 Å². The molecule has 0 unspecified atom stereocenters. The summed E-state index contributed by atoms with van der Waals surface area (Å²) in [5, 5.41) is 10.7. The zero-order valence-electron chi connectivity index (χ0n) is 12.4. The molecule has 1 atom stereocenters. The lowest BCUT2D eigenvalue weighted by molar-refractivity contribution is -0.385. The van der Waals surface area contributed by atoms with Gasteiger partial charge in [0.1, 0.15) is 0 Å². The minimum absolute atomic E-state index is 0.0810. The molecule has 0 spiro atoms. The lowest BCUT2D eigenvalue weighted by Crippen LogP contribution is -2.31. The maximum atomic E-state index is 13.1. The van der Waals surface area contributed by atoms with Crippen LogP contribution in [0.4, 0.5) is 18.9 Å². The van der Waals surface area contributed by atoms with Crippen LogP contribution in [-0.4, -0.2) is 47.9 Å². The first-order chi connectivity index (χ1) is 10.2.